The fourth-order valence-electron chi connectivity index (χ4n) is 11.0. The lowest BCUT2D eigenvalue weighted by atomic mass is 9.59. The second kappa shape index (κ2) is 25.9. The molecule has 0 aromatic rings. The van der Waals surface area contributed by atoms with Gasteiger partial charge in [0.2, 0.25) is 0 Å². The summed E-state index contributed by atoms with van der Waals surface area (Å²) in [5.41, 5.74) is 0. The van der Waals surface area contributed by atoms with Crippen LogP contribution in [0.2, 0.25) is 0 Å². The summed E-state index contributed by atoms with van der Waals surface area (Å²) in [7, 11) is 0. The highest BCUT2D eigenvalue weighted by Crippen LogP contribution is 2.48. The summed E-state index contributed by atoms with van der Waals surface area (Å²) < 4.78 is 0. The first-order chi connectivity index (χ1) is 20.1. The fourth-order valence-corrected chi connectivity index (χ4v) is 11.0. The SMILES string of the molecule is C.C.C.CCC1CC(C)C(CC)C(CC)C1CC.CCC1CC(C)C(CC)C1CC.CCC1CC(C)C1CC.CCC1CC1C. The Morgan fingerprint density at radius 3 is 0.711 bits per heavy atom. The molecule has 0 spiro atoms. The van der Waals surface area contributed by atoms with Crippen LogP contribution >= 0.6 is 0 Å². The Kier molecular flexibility index (Phi) is 28.5. The molecule has 0 saturated heterocycles. The molecule has 45 heavy (non-hydrogen) atoms. The summed E-state index contributed by atoms with van der Waals surface area (Å²) in [6.45, 7) is 33.2. The van der Waals surface area contributed by atoms with Gasteiger partial charge in [-0.15, -0.1) is 0 Å². The molecule has 0 aromatic carbocycles. The molecule has 276 valence electrons. The largest absolute Gasteiger partial charge is 0.0776 e. The number of hydrogen-bond donors (Lipinski definition) is 0. The van der Waals surface area contributed by atoms with Crippen LogP contribution in [0.1, 0.15) is 209 Å². The van der Waals surface area contributed by atoms with Gasteiger partial charge in [0.1, 0.15) is 0 Å². The van der Waals surface area contributed by atoms with Crippen LogP contribution in [0.5, 0.6) is 0 Å². The van der Waals surface area contributed by atoms with Gasteiger partial charge in [0.25, 0.3) is 0 Å². The Bertz CT molecular complexity index is 648. The lowest BCUT2D eigenvalue weighted by Gasteiger charge is -2.46. The summed E-state index contributed by atoms with van der Waals surface area (Å²) in [6, 6.07) is 0. The van der Waals surface area contributed by atoms with Crippen molar-refractivity contribution in [3.63, 3.8) is 0 Å². The highest BCUT2D eigenvalue weighted by Gasteiger charge is 2.39. The lowest BCUT2D eigenvalue weighted by Crippen LogP contribution is -2.38. The first kappa shape index (κ1) is 49.4. The van der Waals surface area contributed by atoms with Crippen molar-refractivity contribution >= 4 is 0 Å². The second-order valence-electron chi connectivity index (χ2n) is 16.0. The van der Waals surface area contributed by atoms with Crippen molar-refractivity contribution < 1.29 is 0 Å². The van der Waals surface area contributed by atoms with Crippen LogP contribution < -0.4 is 0 Å². The maximum Gasteiger partial charge on any atom is -0.0355 e. The monoisotopic (exact) mass is 637 g/mol. The maximum atomic E-state index is 2.49. The third-order valence-electron chi connectivity index (χ3n) is 13.9. The molecular formula is C45H96. The van der Waals surface area contributed by atoms with Gasteiger partial charge < -0.3 is 0 Å². The van der Waals surface area contributed by atoms with E-state index in [1.54, 1.807) is 0 Å². The van der Waals surface area contributed by atoms with Crippen molar-refractivity contribution in [1.82, 2.24) is 0 Å². The zero-order chi connectivity index (χ0) is 32.0. The minimum Gasteiger partial charge on any atom is -0.0776 e. The Morgan fingerprint density at radius 1 is 0.267 bits per heavy atom. The van der Waals surface area contributed by atoms with Crippen LogP contribution in [-0.4, -0.2) is 0 Å². The standard InChI is InChI=1S/C15H30.C12H24.C9H18.C6H12.3CH4/c1-6-12-10-11(5)13(7-2)15(9-4)14(12)8-3;1-5-10-8-9(4)11(6-2)12(10)7-3;1-4-8-6-7(3)9(8)5-2;1-3-6-4-5(6)2;;;/h11-15H,6-10H2,1-5H3;9-12H,5-8H2,1-4H3;7-9H,4-6H2,1-3H3;5-6H,3-4H2,1-2H3;3*1H4. The first-order valence-corrected chi connectivity index (χ1v) is 20.1. The Hall–Kier alpha value is 0. The molecule has 0 aromatic heterocycles. The van der Waals surface area contributed by atoms with Crippen molar-refractivity contribution in [2.75, 3.05) is 0 Å². The van der Waals surface area contributed by atoms with Gasteiger partial charge in [-0.05, 0) is 109 Å². The van der Waals surface area contributed by atoms with Gasteiger partial charge in [0, 0.05) is 0 Å². The van der Waals surface area contributed by atoms with Gasteiger partial charge in [-0.3, -0.25) is 0 Å². The van der Waals surface area contributed by atoms with E-state index in [0.717, 1.165) is 82.9 Å². The minimum atomic E-state index is 0. The number of rotatable bonds is 10. The second-order valence-corrected chi connectivity index (χ2v) is 16.0. The molecule has 0 radical (unpaired) electrons. The summed E-state index contributed by atoms with van der Waals surface area (Å²) in [5.74, 6) is 14.4. The third kappa shape index (κ3) is 14.2. The highest BCUT2D eigenvalue weighted by atomic mass is 14.4. The summed E-state index contributed by atoms with van der Waals surface area (Å²) >= 11 is 0. The maximum absolute atomic E-state index is 2.49. The molecule has 0 amide bonds. The van der Waals surface area contributed by atoms with Crippen LogP contribution in [0.25, 0.3) is 0 Å². The van der Waals surface area contributed by atoms with Gasteiger partial charge in [-0.2, -0.15) is 0 Å². The van der Waals surface area contributed by atoms with Crippen molar-refractivity contribution in [3.8, 4) is 0 Å². The van der Waals surface area contributed by atoms with Crippen LogP contribution in [0.15, 0.2) is 0 Å². The van der Waals surface area contributed by atoms with E-state index in [-0.39, 0.29) is 22.3 Å². The lowest BCUT2D eigenvalue weighted by molar-refractivity contribution is 0.0338. The normalized spacial score (nSPS) is 39.3. The Morgan fingerprint density at radius 2 is 0.511 bits per heavy atom. The van der Waals surface area contributed by atoms with Crippen molar-refractivity contribution in [2.24, 2.45) is 82.9 Å². The highest BCUT2D eigenvalue weighted by molar-refractivity contribution is 4.89. The van der Waals surface area contributed by atoms with Gasteiger partial charge in [-0.1, -0.05) is 183 Å². The molecule has 14 atom stereocenters. The zero-order valence-electron chi connectivity index (χ0n) is 32.0. The molecule has 0 nitrogen and oxygen atoms in total. The molecule has 4 fully saturated rings. The van der Waals surface area contributed by atoms with E-state index in [1.807, 2.05) is 0 Å². The van der Waals surface area contributed by atoms with Crippen LogP contribution in [-0.2, 0) is 0 Å². The van der Waals surface area contributed by atoms with Gasteiger partial charge >= 0.3 is 0 Å². The van der Waals surface area contributed by atoms with E-state index in [2.05, 4.69) is 96.9 Å². The summed E-state index contributed by atoms with van der Waals surface area (Å²) in [6.07, 6.45) is 20.0. The Labute approximate surface area is 291 Å². The van der Waals surface area contributed by atoms with Crippen LogP contribution in [0.3, 0.4) is 0 Å². The van der Waals surface area contributed by atoms with Crippen molar-refractivity contribution in [3.05, 3.63) is 0 Å². The molecule has 0 N–H and O–H groups in total. The molecule has 4 saturated carbocycles. The topological polar surface area (TPSA) is 0 Å². The third-order valence-corrected chi connectivity index (χ3v) is 13.9. The van der Waals surface area contributed by atoms with E-state index in [0.29, 0.717) is 0 Å². The van der Waals surface area contributed by atoms with E-state index in [4.69, 9.17) is 0 Å². The molecule has 14 unspecified atom stereocenters. The molecule has 4 rings (SSSR count). The molecule has 0 aliphatic heterocycles. The van der Waals surface area contributed by atoms with Crippen LogP contribution in [0.4, 0.5) is 0 Å². The smallest absolute Gasteiger partial charge is 0.0355 e. The van der Waals surface area contributed by atoms with Crippen LogP contribution in [0, 0.1) is 82.9 Å². The van der Waals surface area contributed by atoms with E-state index >= 15 is 0 Å². The predicted molar refractivity (Wildman–Crippen MR) is 213 cm³/mol. The molecular weight excluding hydrogens is 540 g/mol. The summed E-state index contributed by atoms with van der Waals surface area (Å²) in [4.78, 5) is 0. The Balaban J connectivity index is -0.000000532. The molecule has 4 aliphatic carbocycles. The zero-order valence-corrected chi connectivity index (χ0v) is 32.0. The predicted octanol–water partition coefficient (Wildman–Crippen LogP) is 16.3. The summed E-state index contributed by atoms with van der Waals surface area (Å²) in [5, 5.41) is 0. The average molecular weight is 637 g/mol. The van der Waals surface area contributed by atoms with E-state index in [1.165, 1.54) is 89.9 Å². The molecule has 0 heterocycles. The first-order valence-electron chi connectivity index (χ1n) is 20.1. The fraction of sp³-hybridized carbons (Fsp3) is 1.00. The molecule has 0 bridgehead atoms. The van der Waals surface area contributed by atoms with E-state index in [9.17, 15) is 0 Å². The van der Waals surface area contributed by atoms with Gasteiger partial charge in [0.05, 0.1) is 0 Å². The van der Waals surface area contributed by atoms with Gasteiger partial charge in [-0.25, -0.2) is 0 Å². The van der Waals surface area contributed by atoms with Crippen molar-refractivity contribution in [2.45, 2.75) is 209 Å². The van der Waals surface area contributed by atoms with E-state index < -0.39 is 0 Å². The average Bonchev–Trinajstić information content (AvgIpc) is 3.63. The number of hydrogen-bond acceptors (Lipinski definition) is 0. The molecule has 0 heteroatoms. The minimum absolute atomic E-state index is 0. The molecule has 4 aliphatic rings. The van der Waals surface area contributed by atoms with Gasteiger partial charge in [0.15, 0.2) is 0 Å². The quantitative estimate of drug-likeness (QED) is 0.224. The van der Waals surface area contributed by atoms with Crippen molar-refractivity contribution in [1.29, 1.82) is 0 Å².